The van der Waals surface area contributed by atoms with Gasteiger partial charge < -0.3 is 14.8 Å². The molecule has 1 aromatic carbocycles. The van der Waals surface area contributed by atoms with E-state index in [0.29, 0.717) is 18.2 Å². The number of amides is 2. The number of aromatic nitrogens is 2. The molecule has 2 rings (SSSR count). The lowest BCUT2D eigenvalue weighted by molar-refractivity contribution is -0.154. The number of urea groups is 1. The van der Waals surface area contributed by atoms with E-state index in [1.54, 1.807) is 0 Å². The third kappa shape index (κ3) is 8.78. The summed E-state index contributed by atoms with van der Waals surface area (Å²) in [6.07, 6.45) is -9.08. The van der Waals surface area contributed by atoms with Crippen molar-refractivity contribution in [1.82, 2.24) is 9.97 Å². The summed E-state index contributed by atoms with van der Waals surface area (Å²) >= 11 is 0. The minimum absolute atomic E-state index is 0.0768. The van der Waals surface area contributed by atoms with Gasteiger partial charge in [-0.05, 0) is 30.3 Å². The molecule has 0 saturated heterocycles. The number of hydrogen-bond donors (Lipinski definition) is 2. The van der Waals surface area contributed by atoms with E-state index in [1.807, 2.05) is 5.32 Å². The van der Waals surface area contributed by atoms with Crippen molar-refractivity contribution >= 4 is 17.7 Å². The number of benzene rings is 1. The first kappa shape index (κ1) is 25.6. The van der Waals surface area contributed by atoms with Crippen LogP contribution in [0, 0.1) is 0 Å². The number of carbonyl (C=O) groups excluding carboxylic acids is 1. The molecule has 0 saturated carbocycles. The number of rotatable bonds is 8. The maximum atomic E-state index is 13.3. The van der Waals surface area contributed by atoms with Gasteiger partial charge in [0.05, 0.1) is 11.6 Å². The van der Waals surface area contributed by atoms with Gasteiger partial charge in [-0.1, -0.05) is 6.58 Å². The van der Waals surface area contributed by atoms with Crippen molar-refractivity contribution in [3.8, 4) is 11.8 Å². The van der Waals surface area contributed by atoms with Crippen LogP contribution >= 0.6 is 0 Å². The first-order valence-electron chi connectivity index (χ1n) is 8.65. The Hall–Kier alpha value is -3.65. The van der Waals surface area contributed by atoms with E-state index in [0.717, 1.165) is 12.1 Å². The largest absolute Gasteiger partial charge is 0.471 e. The maximum Gasteiger partial charge on any atom is 0.422 e. The molecule has 33 heavy (non-hydrogen) atoms. The highest BCUT2D eigenvalue weighted by atomic mass is 19.4. The standard InChI is InChI=1S/C18H14F8N4O3/c1-2-16(19,20)8-32-12-7-13(33-9-17(21,22)23)29-14(28-12)30-15(31)27-11-5-3-10(4-6-11)18(24,25)26/h2-7H,1,8-9H2,(H2,27,28,29,30,31). The topological polar surface area (TPSA) is 85.4 Å². The Morgan fingerprint density at radius 2 is 1.45 bits per heavy atom. The summed E-state index contributed by atoms with van der Waals surface area (Å²) in [5, 5.41) is 4.12. The molecular formula is C18H14F8N4O3. The van der Waals surface area contributed by atoms with Gasteiger partial charge in [-0.2, -0.15) is 45.1 Å². The van der Waals surface area contributed by atoms with Crippen LogP contribution in [-0.2, 0) is 6.18 Å². The van der Waals surface area contributed by atoms with Crippen LogP contribution in [0.25, 0.3) is 0 Å². The molecule has 0 atom stereocenters. The first-order valence-corrected chi connectivity index (χ1v) is 8.65. The van der Waals surface area contributed by atoms with Crippen LogP contribution in [0.15, 0.2) is 43.0 Å². The van der Waals surface area contributed by atoms with Gasteiger partial charge >= 0.3 is 18.4 Å². The number of nitrogens with one attached hydrogen (secondary N) is 2. The van der Waals surface area contributed by atoms with Crippen LogP contribution in [-0.4, -0.2) is 41.3 Å². The lowest BCUT2D eigenvalue weighted by Crippen LogP contribution is -2.24. The van der Waals surface area contributed by atoms with Crippen LogP contribution in [0.1, 0.15) is 5.56 Å². The fourth-order valence-corrected chi connectivity index (χ4v) is 2.00. The maximum absolute atomic E-state index is 13.3. The Morgan fingerprint density at radius 1 is 0.909 bits per heavy atom. The van der Waals surface area contributed by atoms with Crippen LogP contribution in [0.4, 0.5) is 51.6 Å². The summed E-state index contributed by atoms with van der Waals surface area (Å²) in [6.45, 7) is -0.168. The Labute approximate surface area is 180 Å². The van der Waals surface area contributed by atoms with Crippen LogP contribution in [0.2, 0.25) is 0 Å². The van der Waals surface area contributed by atoms with Crippen LogP contribution in [0.5, 0.6) is 11.8 Å². The summed E-state index contributed by atoms with van der Waals surface area (Å²) in [6, 6.07) is 2.86. The second-order valence-corrected chi connectivity index (χ2v) is 6.18. The second-order valence-electron chi connectivity index (χ2n) is 6.18. The predicted octanol–water partition coefficient (Wildman–Crippen LogP) is 5.28. The van der Waals surface area contributed by atoms with E-state index >= 15 is 0 Å². The Bertz CT molecular complexity index is 978. The molecule has 1 heterocycles. The monoisotopic (exact) mass is 486 g/mol. The molecule has 2 N–H and O–H groups in total. The molecule has 7 nitrogen and oxygen atoms in total. The van der Waals surface area contributed by atoms with E-state index in [4.69, 9.17) is 4.74 Å². The van der Waals surface area contributed by atoms with Crippen molar-refractivity contribution in [2.75, 3.05) is 23.8 Å². The molecule has 180 valence electrons. The highest BCUT2D eigenvalue weighted by Crippen LogP contribution is 2.30. The molecule has 0 unspecified atom stereocenters. The Kier molecular flexibility index (Phi) is 7.66. The first-order chi connectivity index (χ1) is 15.2. The number of nitrogens with zero attached hydrogens (tertiary/aromatic N) is 2. The van der Waals surface area contributed by atoms with Crippen molar-refractivity contribution in [3.05, 3.63) is 48.6 Å². The minimum atomic E-state index is -4.75. The van der Waals surface area contributed by atoms with E-state index in [9.17, 15) is 39.9 Å². The quantitative estimate of drug-likeness (QED) is 0.392. The zero-order valence-electron chi connectivity index (χ0n) is 16.2. The summed E-state index contributed by atoms with van der Waals surface area (Å²) in [7, 11) is 0. The molecule has 2 amide bonds. The lowest BCUT2D eigenvalue weighted by atomic mass is 10.2. The molecule has 0 aliphatic heterocycles. The molecule has 0 aliphatic carbocycles. The average molecular weight is 486 g/mol. The van der Waals surface area contributed by atoms with Crippen LogP contribution < -0.4 is 20.1 Å². The van der Waals surface area contributed by atoms with Gasteiger partial charge in [-0.3, -0.25) is 5.32 Å². The number of carbonyl (C=O) groups is 1. The van der Waals surface area contributed by atoms with E-state index < -0.39 is 60.8 Å². The lowest BCUT2D eigenvalue weighted by Gasteiger charge is -2.15. The molecule has 0 radical (unpaired) electrons. The van der Waals surface area contributed by atoms with Gasteiger partial charge in [-0.25, -0.2) is 4.79 Å². The number of hydrogen-bond acceptors (Lipinski definition) is 5. The molecule has 0 bridgehead atoms. The molecule has 0 aliphatic rings. The predicted molar refractivity (Wildman–Crippen MR) is 98.3 cm³/mol. The van der Waals surface area contributed by atoms with Crippen molar-refractivity contribution in [1.29, 1.82) is 0 Å². The summed E-state index contributed by atoms with van der Waals surface area (Å²) < 4.78 is 111. The zero-order valence-corrected chi connectivity index (χ0v) is 16.2. The second kappa shape index (κ2) is 9.87. The zero-order chi connectivity index (χ0) is 24.9. The Balaban J connectivity index is 2.15. The molecule has 1 aromatic heterocycles. The number of halogens is 8. The van der Waals surface area contributed by atoms with Crippen molar-refractivity contribution in [2.24, 2.45) is 0 Å². The number of anilines is 2. The smallest absolute Gasteiger partial charge is 0.422 e. The highest BCUT2D eigenvalue weighted by molar-refractivity contribution is 5.98. The van der Waals surface area contributed by atoms with Crippen molar-refractivity contribution in [2.45, 2.75) is 18.3 Å². The highest BCUT2D eigenvalue weighted by Gasteiger charge is 2.31. The molecular weight excluding hydrogens is 472 g/mol. The molecule has 0 fully saturated rings. The fourth-order valence-electron chi connectivity index (χ4n) is 2.00. The number of ether oxygens (including phenoxy) is 2. The molecule has 2 aromatic rings. The average Bonchev–Trinajstić information content (AvgIpc) is 2.70. The summed E-state index contributed by atoms with van der Waals surface area (Å²) in [5.41, 5.74) is -1.04. The van der Waals surface area contributed by atoms with E-state index in [2.05, 4.69) is 26.6 Å². The third-order valence-electron chi connectivity index (χ3n) is 3.47. The van der Waals surface area contributed by atoms with Gasteiger partial charge in [0, 0.05) is 5.69 Å². The minimum Gasteiger partial charge on any atom is -0.471 e. The normalized spacial score (nSPS) is 12.1. The third-order valence-corrected chi connectivity index (χ3v) is 3.47. The van der Waals surface area contributed by atoms with Crippen molar-refractivity contribution in [3.63, 3.8) is 0 Å². The van der Waals surface area contributed by atoms with Gasteiger partial charge in [0.2, 0.25) is 17.7 Å². The molecule has 15 heteroatoms. The fraction of sp³-hybridized carbons (Fsp3) is 0.278. The summed E-state index contributed by atoms with van der Waals surface area (Å²) in [4.78, 5) is 19.1. The SMILES string of the molecule is C=CC(F)(F)COc1cc(OCC(F)(F)F)nc(NC(=O)Nc2ccc(C(F)(F)F)cc2)n1. The van der Waals surface area contributed by atoms with Gasteiger partial charge in [0.15, 0.2) is 13.2 Å². The van der Waals surface area contributed by atoms with Gasteiger partial charge in [0.1, 0.15) is 0 Å². The van der Waals surface area contributed by atoms with Crippen LogP contribution in [0.3, 0.4) is 0 Å². The van der Waals surface area contributed by atoms with E-state index in [1.165, 1.54) is 0 Å². The number of alkyl halides is 8. The molecule has 0 spiro atoms. The van der Waals surface area contributed by atoms with Gasteiger partial charge in [0.25, 0.3) is 5.92 Å². The summed E-state index contributed by atoms with van der Waals surface area (Å²) in [5.74, 6) is -5.61. The Morgan fingerprint density at radius 3 is 1.94 bits per heavy atom. The van der Waals surface area contributed by atoms with Crippen molar-refractivity contribution < 1.29 is 49.4 Å². The van der Waals surface area contributed by atoms with E-state index in [-0.39, 0.29) is 11.8 Å². The van der Waals surface area contributed by atoms with Gasteiger partial charge in [-0.15, -0.1) is 0 Å².